The molecule has 0 aliphatic heterocycles. The molecule has 0 unspecified atom stereocenters. The Kier molecular flexibility index (Phi) is 8.30. The number of unbranched alkanes of at least 4 members (excludes halogenated alkanes) is 2. The fourth-order valence-corrected chi connectivity index (χ4v) is 2.52. The maximum absolute atomic E-state index is 11.6. The van der Waals surface area contributed by atoms with Crippen LogP contribution in [0.15, 0.2) is 18.3 Å². The molecule has 23 heavy (non-hydrogen) atoms. The number of esters is 1. The number of aliphatic carboxylic acids is 1. The first-order valence-electron chi connectivity index (χ1n) is 8.33. The molecule has 1 rings (SSSR count). The first-order valence-corrected chi connectivity index (χ1v) is 8.33. The van der Waals surface area contributed by atoms with Gasteiger partial charge < -0.3 is 9.84 Å². The normalized spacial score (nSPS) is 10.8. The first kappa shape index (κ1) is 19.1. The van der Waals surface area contributed by atoms with E-state index in [4.69, 9.17) is 9.84 Å². The number of carbonyl (C=O) groups is 2. The SMILES string of the molecule is CCOC(=O)Cc1cc[n+](CCCCCC(=O)O)c(C(C)C)c1. The second-order valence-corrected chi connectivity index (χ2v) is 5.99. The van der Waals surface area contributed by atoms with Crippen molar-refractivity contribution in [2.45, 2.75) is 65.3 Å². The summed E-state index contributed by atoms with van der Waals surface area (Å²) in [5.41, 5.74) is 2.15. The van der Waals surface area contributed by atoms with Gasteiger partial charge in [-0.05, 0) is 25.3 Å². The topological polar surface area (TPSA) is 67.5 Å². The van der Waals surface area contributed by atoms with E-state index in [1.54, 1.807) is 6.92 Å². The minimum Gasteiger partial charge on any atom is -0.481 e. The van der Waals surface area contributed by atoms with Gasteiger partial charge in [-0.15, -0.1) is 0 Å². The van der Waals surface area contributed by atoms with Crippen LogP contribution >= 0.6 is 0 Å². The van der Waals surface area contributed by atoms with E-state index in [9.17, 15) is 9.59 Å². The molecule has 0 fully saturated rings. The smallest absolute Gasteiger partial charge is 0.310 e. The molecular formula is C18H28NO4+. The Morgan fingerprint density at radius 2 is 2.00 bits per heavy atom. The first-order chi connectivity index (χ1) is 10.9. The summed E-state index contributed by atoms with van der Waals surface area (Å²) in [4.78, 5) is 22.1. The molecule has 0 aromatic carbocycles. The van der Waals surface area contributed by atoms with E-state index < -0.39 is 5.97 Å². The van der Waals surface area contributed by atoms with Gasteiger partial charge in [-0.1, -0.05) is 13.8 Å². The number of hydrogen-bond acceptors (Lipinski definition) is 3. The molecule has 0 spiro atoms. The second-order valence-electron chi connectivity index (χ2n) is 5.99. The van der Waals surface area contributed by atoms with Gasteiger partial charge in [0.05, 0.1) is 13.0 Å². The fraction of sp³-hybridized carbons (Fsp3) is 0.611. The van der Waals surface area contributed by atoms with Gasteiger partial charge in [0, 0.05) is 30.9 Å². The van der Waals surface area contributed by atoms with E-state index in [0.717, 1.165) is 24.9 Å². The van der Waals surface area contributed by atoms with Crippen LogP contribution in [0.25, 0.3) is 0 Å². The minimum absolute atomic E-state index is 0.200. The number of carboxylic acid groups (broad SMARTS) is 1. The Morgan fingerprint density at radius 1 is 1.26 bits per heavy atom. The number of carboxylic acids is 1. The summed E-state index contributed by atoms with van der Waals surface area (Å²) in [6.07, 6.45) is 5.12. The number of rotatable bonds is 10. The maximum Gasteiger partial charge on any atom is 0.310 e. The highest BCUT2D eigenvalue weighted by molar-refractivity contribution is 5.72. The fourth-order valence-electron chi connectivity index (χ4n) is 2.52. The summed E-state index contributed by atoms with van der Waals surface area (Å²) in [5.74, 6) is -0.575. The molecule has 0 aliphatic rings. The predicted molar refractivity (Wildman–Crippen MR) is 87.2 cm³/mol. The van der Waals surface area contributed by atoms with Crippen molar-refractivity contribution < 1.29 is 24.0 Å². The molecule has 128 valence electrons. The van der Waals surface area contributed by atoms with Gasteiger partial charge in [0.15, 0.2) is 11.9 Å². The third-order valence-electron chi connectivity index (χ3n) is 3.67. The summed E-state index contributed by atoms with van der Waals surface area (Å²) in [5, 5.41) is 8.64. The molecule has 0 radical (unpaired) electrons. The molecule has 5 heteroatoms. The summed E-state index contributed by atoms with van der Waals surface area (Å²) in [7, 11) is 0. The lowest BCUT2D eigenvalue weighted by molar-refractivity contribution is -0.705. The Hall–Kier alpha value is -1.91. The number of aromatic nitrogens is 1. The van der Waals surface area contributed by atoms with E-state index in [1.165, 1.54) is 5.69 Å². The van der Waals surface area contributed by atoms with Crippen LogP contribution in [0.4, 0.5) is 0 Å². The predicted octanol–water partition coefficient (Wildman–Crippen LogP) is 2.85. The molecule has 0 saturated heterocycles. The number of aryl methyl sites for hydroxylation is 1. The highest BCUT2D eigenvalue weighted by atomic mass is 16.5. The van der Waals surface area contributed by atoms with E-state index in [0.29, 0.717) is 25.4 Å². The van der Waals surface area contributed by atoms with E-state index in [2.05, 4.69) is 24.5 Å². The zero-order valence-corrected chi connectivity index (χ0v) is 14.4. The van der Waals surface area contributed by atoms with Gasteiger partial charge in [0.25, 0.3) is 0 Å². The molecule has 0 bridgehead atoms. The largest absolute Gasteiger partial charge is 0.481 e. The minimum atomic E-state index is -0.733. The third-order valence-corrected chi connectivity index (χ3v) is 3.67. The Bertz CT molecular complexity index is 526. The van der Waals surface area contributed by atoms with Crippen LogP contribution in [0.1, 0.15) is 63.6 Å². The number of pyridine rings is 1. The van der Waals surface area contributed by atoms with Crippen molar-refractivity contribution in [3.05, 3.63) is 29.6 Å². The number of carbonyl (C=O) groups excluding carboxylic acids is 1. The van der Waals surface area contributed by atoms with Crippen LogP contribution in [0.2, 0.25) is 0 Å². The summed E-state index contributed by atoms with van der Waals surface area (Å²) >= 11 is 0. The lowest BCUT2D eigenvalue weighted by atomic mass is 10.0. The van der Waals surface area contributed by atoms with Crippen LogP contribution in [0.5, 0.6) is 0 Å². The average molecular weight is 322 g/mol. The van der Waals surface area contributed by atoms with Gasteiger partial charge in [0.2, 0.25) is 0 Å². The van der Waals surface area contributed by atoms with Crippen molar-refractivity contribution in [3.8, 4) is 0 Å². The zero-order chi connectivity index (χ0) is 17.2. The Balaban J connectivity index is 2.65. The van der Waals surface area contributed by atoms with Crippen molar-refractivity contribution in [2.75, 3.05) is 6.61 Å². The van der Waals surface area contributed by atoms with Crippen molar-refractivity contribution in [1.82, 2.24) is 0 Å². The van der Waals surface area contributed by atoms with E-state index in [1.807, 2.05) is 12.3 Å². The number of nitrogens with zero attached hydrogens (tertiary/aromatic N) is 1. The number of hydrogen-bond donors (Lipinski definition) is 1. The van der Waals surface area contributed by atoms with Crippen LogP contribution in [0.3, 0.4) is 0 Å². The highest BCUT2D eigenvalue weighted by Crippen LogP contribution is 2.13. The monoisotopic (exact) mass is 322 g/mol. The molecule has 1 heterocycles. The summed E-state index contributed by atoms with van der Waals surface area (Å²) in [6, 6.07) is 4.03. The summed E-state index contributed by atoms with van der Waals surface area (Å²) < 4.78 is 7.19. The lowest BCUT2D eigenvalue weighted by Crippen LogP contribution is -2.39. The van der Waals surface area contributed by atoms with Crippen LogP contribution in [0, 0.1) is 0 Å². The molecule has 0 atom stereocenters. The van der Waals surface area contributed by atoms with Gasteiger partial charge in [-0.3, -0.25) is 9.59 Å². The third kappa shape index (κ3) is 7.26. The van der Waals surface area contributed by atoms with E-state index >= 15 is 0 Å². The van der Waals surface area contributed by atoms with E-state index in [-0.39, 0.29) is 12.4 Å². The molecule has 0 aliphatic carbocycles. The van der Waals surface area contributed by atoms with Crippen molar-refractivity contribution in [2.24, 2.45) is 0 Å². The standard InChI is InChI=1S/C18H27NO4/c1-4-23-18(22)13-15-9-11-19(16(12-15)14(2)3)10-7-5-6-8-17(20)21/h9,11-12,14H,4-8,10,13H2,1-3H3/p+1. The second kappa shape index (κ2) is 9.98. The quantitative estimate of drug-likeness (QED) is 0.408. The molecular weight excluding hydrogens is 294 g/mol. The average Bonchev–Trinajstić information content (AvgIpc) is 2.47. The summed E-state index contributed by atoms with van der Waals surface area (Å²) in [6.45, 7) is 7.33. The van der Waals surface area contributed by atoms with Gasteiger partial charge in [0.1, 0.15) is 6.54 Å². The molecule has 0 amide bonds. The van der Waals surface area contributed by atoms with Gasteiger partial charge in [-0.2, -0.15) is 0 Å². The van der Waals surface area contributed by atoms with Gasteiger partial charge in [-0.25, -0.2) is 4.57 Å². The molecule has 1 aromatic rings. The van der Waals surface area contributed by atoms with Crippen LogP contribution < -0.4 is 4.57 Å². The molecule has 0 saturated carbocycles. The lowest BCUT2D eigenvalue weighted by Gasteiger charge is -2.09. The Labute approximate surface area is 138 Å². The number of ether oxygens (including phenoxy) is 1. The molecule has 1 aromatic heterocycles. The maximum atomic E-state index is 11.6. The highest BCUT2D eigenvalue weighted by Gasteiger charge is 2.16. The zero-order valence-electron chi connectivity index (χ0n) is 14.4. The van der Waals surface area contributed by atoms with Gasteiger partial charge >= 0.3 is 11.9 Å². The van der Waals surface area contributed by atoms with Crippen LogP contribution in [-0.2, 0) is 27.3 Å². The molecule has 1 N–H and O–H groups in total. The van der Waals surface area contributed by atoms with Crippen molar-refractivity contribution in [1.29, 1.82) is 0 Å². The van der Waals surface area contributed by atoms with Crippen molar-refractivity contribution in [3.63, 3.8) is 0 Å². The van der Waals surface area contributed by atoms with Crippen LogP contribution in [-0.4, -0.2) is 23.7 Å². The van der Waals surface area contributed by atoms with Crippen molar-refractivity contribution >= 4 is 11.9 Å². The molecule has 5 nitrogen and oxygen atoms in total. The Morgan fingerprint density at radius 3 is 2.61 bits per heavy atom.